The molecule has 1 heterocycles. The van der Waals surface area contributed by atoms with E-state index in [0.29, 0.717) is 5.92 Å². The molecule has 2 heteroatoms. The Kier molecular flexibility index (Phi) is 3.27. The van der Waals surface area contributed by atoms with Crippen molar-refractivity contribution in [1.82, 2.24) is 0 Å². The molecule has 3 rings (SSSR count). The fourth-order valence-electron chi connectivity index (χ4n) is 3.00. The summed E-state index contributed by atoms with van der Waals surface area (Å²) in [5.41, 5.74) is 10.5. The largest absolute Gasteiger partial charge is 0.483 e. The van der Waals surface area contributed by atoms with Crippen LogP contribution in [0.15, 0.2) is 12.1 Å². The highest BCUT2D eigenvalue weighted by Gasteiger charge is 2.27. The number of nitrogen functional groups attached to an aromatic ring is 1. The van der Waals surface area contributed by atoms with E-state index in [1.54, 1.807) is 0 Å². The molecule has 20 heavy (non-hydrogen) atoms. The Morgan fingerprint density at radius 3 is 2.85 bits per heavy atom. The summed E-state index contributed by atoms with van der Waals surface area (Å²) in [6.07, 6.45) is 13.1. The average molecular weight is 268 g/mol. The van der Waals surface area contributed by atoms with Gasteiger partial charge in [0.25, 0.3) is 0 Å². The molecular formula is C18H22NO. The molecule has 0 spiro atoms. The molecule has 2 nitrogen and oxygen atoms in total. The number of ether oxygens (including phenoxy) is 1. The molecule has 0 saturated heterocycles. The molecule has 1 saturated carbocycles. The van der Waals surface area contributed by atoms with Crippen molar-refractivity contribution in [2.75, 3.05) is 5.73 Å². The van der Waals surface area contributed by atoms with Crippen LogP contribution in [0, 0.1) is 26.2 Å². The summed E-state index contributed by atoms with van der Waals surface area (Å²) in [5, 5.41) is 0. The van der Waals surface area contributed by atoms with E-state index in [9.17, 15) is 0 Å². The maximum Gasteiger partial charge on any atom is 0.132 e. The van der Waals surface area contributed by atoms with Crippen molar-refractivity contribution in [1.29, 1.82) is 0 Å². The molecule has 1 fully saturated rings. The number of fused-ring (bicyclic) bond motifs is 1. The van der Waals surface area contributed by atoms with Gasteiger partial charge in [0, 0.05) is 11.3 Å². The van der Waals surface area contributed by atoms with E-state index in [1.165, 1.54) is 11.1 Å². The van der Waals surface area contributed by atoms with Gasteiger partial charge in [-0.05, 0) is 82.1 Å². The second kappa shape index (κ2) is 4.83. The quantitative estimate of drug-likeness (QED) is 0.773. The van der Waals surface area contributed by atoms with Crippen molar-refractivity contribution in [3.63, 3.8) is 0 Å². The fourth-order valence-corrected chi connectivity index (χ4v) is 3.00. The monoisotopic (exact) mass is 268 g/mol. The van der Waals surface area contributed by atoms with Crippen LogP contribution in [0.3, 0.4) is 0 Å². The lowest BCUT2D eigenvalue weighted by Gasteiger charge is -2.32. The van der Waals surface area contributed by atoms with Crippen LogP contribution >= 0.6 is 0 Å². The zero-order valence-electron chi connectivity index (χ0n) is 12.4. The lowest BCUT2D eigenvalue weighted by Crippen LogP contribution is -2.28. The van der Waals surface area contributed by atoms with Gasteiger partial charge in [-0.25, -0.2) is 0 Å². The highest BCUT2D eigenvalue weighted by Crippen LogP contribution is 2.43. The predicted molar refractivity (Wildman–Crippen MR) is 84.2 cm³/mol. The molecule has 0 aromatic heterocycles. The van der Waals surface area contributed by atoms with Gasteiger partial charge in [0.1, 0.15) is 11.4 Å². The Bertz CT molecular complexity index is 551. The van der Waals surface area contributed by atoms with Gasteiger partial charge in [-0.2, -0.15) is 0 Å². The number of benzene rings is 1. The highest BCUT2D eigenvalue weighted by molar-refractivity contribution is 5.77. The smallest absolute Gasteiger partial charge is 0.132 e. The van der Waals surface area contributed by atoms with Gasteiger partial charge in [-0.3, -0.25) is 0 Å². The van der Waals surface area contributed by atoms with Crippen LogP contribution < -0.4 is 10.5 Å². The number of nitrogens with two attached hydrogens (primary N) is 1. The van der Waals surface area contributed by atoms with Crippen LogP contribution in [0.4, 0.5) is 5.69 Å². The van der Waals surface area contributed by atoms with Gasteiger partial charge in [0.15, 0.2) is 0 Å². The first-order chi connectivity index (χ1) is 9.48. The average Bonchev–Trinajstić information content (AvgIpc) is 2.43. The Morgan fingerprint density at radius 1 is 1.35 bits per heavy atom. The predicted octanol–water partition coefficient (Wildman–Crippen LogP) is 4.25. The normalized spacial score (nSPS) is 21.4. The Labute approximate surface area is 122 Å². The Balaban J connectivity index is 2.05. The summed E-state index contributed by atoms with van der Waals surface area (Å²) in [6.45, 7) is 6.24. The second-order valence-corrected chi connectivity index (χ2v) is 6.28. The van der Waals surface area contributed by atoms with Crippen LogP contribution in [0.25, 0.3) is 6.08 Å². The van der Waals surface area contributed by atoms with Crippen molar-refractivity contribution in [2.24, 2.45) is 0 Å². The van der Waals surface area contributed by atoms with Gasteiger partial charge in [-0.1, -0.05) is 6.07 Å². The van der Waals surface area contributed by atoms with Gasteiger partial charge in [0.2, 0.25) is 0 Å². The molecule has 2 N–H and O–H groups in total. The Hall–Kier alpha value is -1.44. The molecule has 1 unspecified atom stereocenters. The van der Waals surface area contributed by atoms with E-state index in [0.717, 1.165) is 29.8 Å². The van der Waals surface area contributed by atoms with Crippen molar-refractivity contribution in [3.8, 4) is 5.75 Å². The maximum atomic E-state index is 6.42. The van der Waals surface area contributed by atoms with Gasteiger partial charge < -0.3 is 10.5 Å². The zero-order chi connectivity index (χ0) is 14.3. The molecular weight excluding hydrogens is 246 g/mol. The number of anilines is 1. The SMILES string of the molecule is Cc1cc(C2[CH][CH][CH]CC2)c(N)c2c1OC(C)(C)C=C2. The lowest BCUT2D eigenvalue weighted by molar-refractivity contribution is 0.158. The molecule has 1 aliphatic carbocycles. The summed E-state index contributed by atoms with van der Waals surface area (Å²) in [7, 11) is 0. The van der Waals surface area contributed by atoms with E-state index in [-0.39, 0.29) is 5.60 Å². The van der Waals surface area contributed by atoms with Crippen LogP contribution in [0.5, 0.6) is 5.75 Å². The number of aryl methyl sites for hydroxylation is 1. The molecule has 1 aromatic rings. The molecule has 3 radical (unpaired) electrons. The first-order valence-electron chi connectivity index (χ1n) is 7.29. The van der Waals surface area contributed by atoms with Crippen LogP contribution in [0.2, 0.25) is 0 Å². The maximum absolute atomic E-state index is 6.42. The van der Waals surface area contributed by atoms with Crippen molar-refractivity contribution in [3.05, 3.63) is 48.1 Å². The topological polar surface area (TPSA) is 35.2 Å². The van der Waals surface area contributed by atoms with Gasteiger partial charge in [0.05, 0.1) is 0 Å². The molecule has 1 atom stereocenters. The molecule has 0 bridgehead atoms. The lowest BCUT2D eigenvalue weighted by atomic mass is 9.81. The summed E-state index contributed by atoms with van der Waals surface area (Å²) >= 11 is 0. The standard InChI is InChI=1S/C18H22NO/c1-12-11-15(13-7-5-4-6-8-13)16(19)14-9-10-18(2,3)20-17(12)14/h4-5,7,9-11,13H,6,8,19H2,1-3H3. The van der Waals surface area contributed by atoms with Crippen LogP contribution in [-0.4, -0.2) is 5.60 Å². The summed E-state index contributed by atoms with van der Waals surface area (Å²) in [4.78, 5) is 0. The minimum Gasteiger partial charge on any atom is -0.483 e. The molecule has 1 aromatic carbocycles. The third kappa shape index (κ3) is 2.32. The molecule has 1 aliphatic heterocycles. The van der Waals surface area contributed by atoms with E-state index in [2.05, 4.69) is 58.3 Å². The highest BCUT2D eigenvalue weighted by atomic mass is 16.5. The summed E-state index contributed by atoms with van der Waals surface area (Å²) < 4.78 is 6.08. The second-order valence-electron chi connectivity index (χ2n) is 6.28. The number of hydrogen-bond donors (Lipinski definition) is 1. The number of rotatable bonds is 1. The first kappa shape index (κ1) is 13.5. The zero-order valence-corrected chi connectivity index (χ0v) is 12.4. The fraction of sp³-hybridized carbons (Fsp3) is 0.389. The van der Waals surface area contributed by atoms with E-state index >= 15 is 0 Å². The first-order valence-corrected chi connectivity index (χ1v) is 7.29. The van der Waals surface area contributed by atoms with Crippen molar-refractivity contribution < 1.29 is 4.74 Å². The van der Waals surface area contributed by atoms with E-state index < -0.39 is 0 Å². The molecule has 0 amide bonds. The minimum absolute atomic E-state index is 0.259. The summed E-state index contributed by atoms with van der Waals surface area (Å²) in [6, 6.07) is 2.20. The van der Waals surface area contributed by atoms with E-state index in [1.807, 2.05) is 0 Å². The minimum atomic E-state index is -0.259. The van der Waals surface area contributed by atoms with E-state index in [4.69, 9.17) is 10.5 Å². The summed E-state index contributed by atoms with van der Waals surface area (Å²) in [5.74, 6) is 1.36. The van der Waals surface area contributed by atoms with Crippen LogP contribution in [0.1, 0.15) is 49.3 Å². The third-order valence-electron chi connectivity index (χ3n) is 4.12. The van der Waals surface area contributed by atoms with Gasteiger partial charge in [-0.15, -0.1) is 0 Å². The van der Waals surface area contributed by atoms with Crippen LogP contribution in [-0.2, 0) is 0 Å². The van der Waals surface area contributed by atoms with Crippen molar-refractivity contribution in [2.45, 2.75) is 45.1 Å². The third-order valence-corrected chi connectivity index (χ3v) is 4.12. The Morgan fingerprint density at radius 2 is 2.15 bits per heavy atom. The molecule has 2 aliphatic rings. The number of hydrogen-bond acceptors (Lipinski definition) is 2. The molecule has 105 valence electrons. The van der Waals surface area contributed by atoms with Gasteiger partial charge >= 0.3 is 0 Å². The van der Waals surface area contributed by atoms with Crippen molar-refractivity contribution >= 4 is 11.8 Å².